The maximum Gasteiger partial charge on any atom is 0.308 e. The third-order valence-corrected chi connectivity index (χ3v) is 4.59. The lowest BCUT2D eigenvalue weighted by molar-refractivity contribution is -0.145. The van der Waals surface area contributed by atoms with Crippen molar-refractivity contribution in [2.24, 2.45) is 5.92 Å². The van der Waals surface area contributed by atoms with E-state index < -0.39 is 0 Å². The number of methoxy groups -OCH3 is 1. The Kier molecular flexibility index (Phi) is 16.4. The lowest BCUT2D eigenvalue weighted by atomic mass is 10.0. The quantitative estimate of drug-likeness (QED) is 0.235. The fourth-order valence-corrected chi connectivity index (χ4v) is 2.96. The van der Waals surface area contributed by atoms with Crippen LogP contribution < -0.4 is 0 Å². The molecule has 0 unspecified atom stereocenters. The molecular formula is C20H40O2. The van der Waals surface area contributed by atoms with E-state index in [-0.39, 0.29) is 11.9 Å². The molecule has 0 aliphatic rings. The summed E-state index contributed by atoms with van der Waals surface area (Å²) in [6.45, 7) is 4.24. The highest BCUT2D eigenvalue weighted by Gasteiger charge is 2.11. The highest BCUT2D eigenvalue weighted by Crippen LogP contribution is 2.15. The zero-order valence-corrected chi connectivity index (χ0v) is 15.5. The molecule has 0 heterocycles. The lowest BCUT2D eigenvalue weighted by Crippen LogP contribution is -2.12. The van der Waals surface area contributed by atoms with Crippen LogP contribution in [0.1, 0.15) is 110 Å². The van der Waals surface area contributed by atoms with Gasteiger partial charge in [0.25, 0.3) is 0 Å². The van der Waals surface area contributed by atoms with Gasteiger partial charge in [0.1, 0.15) is 0 Å². The van der Waals surface area contributed by atoms with Crippen molar-refractivity contribution in [2.75, 3.05) is 7.11 Å². The highest BCUT2D eigenvalue weighted by atomic mass is 16.5. The number of unbranched alkanes of at least 4 members (excludes halogenated alkanes) is 13. The van der Waals surface area contributed by atoms with Crippen molar-refractivity contribution in [3.63, 3.8) is 0 Å². The molecule has 22 heavy (non-hydrogen) atoms. The summed E-state index contributed by atoms with van der Waals surface area (Å²) in [5.41, 5.74) is 0. The molecule has 0 rings (SSSR count). The van der Waals surface area contributed by atoms with Crippen LogP contribution in [0.15, 0.2) is 0 Å². The van der Waals surface area contributed by atoms with Gasteiger partial charge in [-0.2, -0.15) is 0 Å². The van der Waals surface area contributed by atoms with Gasteiger partial charge >= 0.3 is 5.97 Å². The van der Waals surface area contributed by atoms with Crippen LogP contribution in [0.25, 0.3) is 0 Å². The standard InChI is InChI=1S/C20H40O2/c1-4-5-6-7-8-9-10-11-12-13-14-15-16-17-18-19(2)20(21)22-3/h19H,4-18H2,1-3H3/t19-/m0/s1. The number of esters is 1. The number of ether oxygens (including phenoxy) is 1. The maximum absolute atomic E-state index is 11.3. The fraction of sp³-hybridized carbons (Fsp3) is 0.950. The van der Waals surface area contributed by atoms with E-state index in [0.717, 1.165) is 12.8 Å². The van der Waals surface area contributed by atoms with Gasteiger partial charge in [0.15, 0.2) is 0 Å². The molecule has 132 valence electrons. The first-order valence-corrected chi connectivity index (χ1v) is 9.80. The molecule has 0 aromatic carbocycles. The minimum absolute atomic E-state index is 0.0605. The fourth-order valence-electron chi connectivity index (χ4n) is 2.96. The van der Waals surface area contributed by atoms with E-state index in [1.807, 2.05) is 6.92 Å². The molecule has 0 aromatic heterocycles. The van der Waals surface area contributed by atoms with Gasteiger partial charge in [0.05, 0.1) is 13.0 Å². The zero-order chi connectivity index (χ0) is 16.5. The Balaban J connectivity index is 3.10. The van der Waals surface area contributed by atoms with E-state index in [2.05, 4.69) is 6.92 Å². The number of carbonyl (C=O) groups is 1. The van der Waals surface area contributed by atoms with Crippen LogP contribution in [0.4, 0.5) is 0 Å². The second kappa shape index (κ2) is 16.8. The molecular weight excluding hydrogens is 272 g/mol. The molecule has 1 atom stereocenters. The van der Waals surface area contributed by atoms with E-state index in [4.69, 9.17) is 4.74 Å². The van der Waals surface area contributed by atoms with Gasteiger partial charge < -0.3 is 4.74 Å². The Morgan fingerprint density at radius 1 is 0.727 bits per heavy atom. The minimum Gasteiger partial charge on any atom is -0.469 e. The Bertz CT molecular complexity index is 238. The number of rotatable bonds is 16. The number of hydrogen-bond acceptors (Lipinski definition) is 2. The van der Waals surface area contributed by atoms with E-state index in [9.17, 15) is 4.79 Å². The Labute approximate surface area is 139 Å². The normalized spacial score (nSPS) is 12.3. The predicted molar refractivity (Wildman–Crippen MR) is 96.1 cm³/mol. The summed E-state index contributed by atoms with van der Waals surface area (Å²) in [4.78, 5) is 11.3. The number of hydrogen-bond donors (Lipinski definition) is 0. The van der Waals surface area contributed by atoms with E-state index in [1.54, 1.807) is 0 Å². The molecule has 0 saturated carbocycles. The van der Waals surface area contributed by atoms with Crippen LogP contribution in [0, 0.1) is 5.92 Å². The summed E-state index contributed by atoms with van der Waals surface area (Å²) in [5.74, 6) is 0.0111. The molecule has 0 spiro atoms. The molecule has 2 nitrogen and oxygen atoms in total. The van der Waals surface area contributed by atoms with Crippen LogP contribution in [-0.2, 0) is 9.53 Å². The summed E-state index contributed by atoms with van der Waals surface area (Å²) < 4.78 is 4.74. The molecule has 0 saturated heterocycles. The van der Waals surface area contributed by atoms with E-state index in [0.29, 0.717) is 0 Å². The van der Waals surface area contributed by atoms with Crippen molar-refractivity contribution in [3.05, 3.63) is 0 Å². The van der Waals surface area contributed by atoms with Crippen LogP contribution in [0.5, 0.6) is 0 Å². The van der Waals surface area contributed by atoms with Crippen LogP contribution in [-0.4, -0.2) is 13.1 Å². The Morgan fingerprint density at radius 3 is 1.45 bits per heavy atom. The lowest BCUT2D eigenvalue weighted by Gasteiger charge is -2.08. The predicted octanol–water partition coefficient (Wildman–Crippen LogP) is 6.67. The number of carbonyl (C=O) groups excluding carboxylic acids is 1. The van der Waals surface area contributed by atoms with Gasteiger partial charge in [-0.1, -0.05) is 104 Å². The molecule has 0 aromatic rings. The van der Waals surface area contributed by atoms with Crippen LogP contribution in [0.3, 0.4) is 0 Å². The second-order valence-electron chi connectivity index (χ2n) is 6.81. The summed E-state index contributed by atoms with van der Waals surface area (Å²) in [7, 11) is 1.48. The zero-order valence-electron chi connectivity index (χ0n) is 15.5. The molecule has 0 bridgehead atoms. The summed E-state index contributed by atoms with van der Waals surface area (Å²) >= 11 is 0. The molecule has 2 heteroatoms. The summed E-state index contributed by atoms with van der Waals surface area (Å²) in [6.07, 6.45) is 20.3. The average molecular weight is 313 g/mol. The smallest absolute Gasteiger partial charge is 0.308 e. The Morgan fingerprint density at radius 2 is 1.09 bits per heavy atom. The monoisotopic (exact) mass is 312 g/mol. The van der Waals surface area contributed by atoms with Crippen molar-refractivity contribution in [2.45, 2.75) is 110 Å². The molecule has 0 radical (unpaired) electrons. The topological polar surface area (TPSA) is 26.3 Å². The van der Waals surface area contributed by atoms with Gasteiger partial charge in [0, 0.05) is 0 Å². The molecule has 0 amide bonds. The first-order valence-electron chi connectivity index (χ1n) is 9.80. The van der Waals surface area contributed by atoms with E-state index in [1.165, 1.54) is 90.6 Å². The average Bonchev–Trinajstić information content (AvgIpc) is 2.54. The van der Waals surface area contributed by atoms with Gasteiger partial charge in [0.2, 0.25) is 0 Å². The van der Waals surface area contributed by atoms with Crippen molar-refractivity contribution in [1.82, 2.24) is 0 Å². The van der Waals surface area contributed by atoms with Gasteiger partial charge in [-0.05, 0) is 6.42 Å². The largest absolute Gasteiger partial charge is 0.469 e. The molecule has 0 aliphatic heterocycles. The Hall–Kier alpha value is -0.530. The van der Waals surface area contributed by atoms with Crippen molar-refractivity contribution in [1.29, 1.82) is 0 Å². The molecule has 0 aliphatic carbocycles. The van der Waals surface area contributed by atoms with Crippen LogP contribution in [0.2, 0.25) is 0 Å². The first kappa shape index (κ1) is 21.5. The van der Waals surface area contributed by atoms with Crippen LogP contribution >= 0.6 is 0 Å². The SMILES string of the molecule is CCCCCCCCCCCCCCCC[C@H](C)C(=O)OC. The van der Waals surface area contributed by atoms with E-state index >= 15 is 0 Å². The third kappa shape index (κ3) is 14.4. The van der Waals surface area contributed by atoms with Gasteiger partial charge in [-0.3, -0.25) is 4.79 Å². The molecule has 0 N–H and O–H groups in total. The van der Waals surface area contributed by atoms with Crippen molar-refractivity contribution in [3.8, 4) is 0 Å². The van der Waals surface area contributed by atoms with Gasteiger partial charge in [-0.25, -0.2) is 0 Å². The first-order chi connectivity index (χ1) is 10.7. The van der Waals surface area contributed by atoms with Gasteiger partial charge in [-0.15, -0.1) is 0 Å². The molecule has 0 fully saturated rings. The maximum atomic E-state index is 11.3. The van der Waals surface area contributed by atoms with Crippen molar-refractivity contribution >= 4 is 5.97 Å². The second-order valence-corrected chi connectivity index (χ2v) is 6.81. The minimum atomic E-state index is -0.0605. The highest BCUT2D eigenvalue weighted by molar-refractivity contribution is 5.71. The van der Waals surface area contributed by atoms with Crippen molar-refractivity contribution < 1.29 is 9.53 Å². The summed E-state index contributed by atoms with van der Waals surface area (Å²) in [6, 6.07) is 0. The third-order valence-electron chi connectivity index (χ3n) is 4.59. The summed E-state index contributed by atoms with van der Waals surface area (Å²) in [5, 5.41) is 0.